The average Bonchev–Trinajstić information content (AvgIpc) is 2.44. The van der Waals surface area contributed by atoms with Gasteiger partial charge >= 0.3 is 0 Å². The first kappa shape index (κ1) is 17.0. The summed E-state index contributed by atoms with van der Waals surface area (Å²) in [6, 6.07) is 9.86. The van der Waals surface area contributed by atoms with E-state index in [1.807, 2.05) is 38.1 Å². The Labute approximate surface area is 127 Å². The van der Waals surface area contributed by atoms with E-state index in [0.717, 1.165) is 11.3 Å². The Morgan fingerprint density at radius 1 is 1.38 bits per heavy atom. The lowest BCUT2D eigenvalue weighted by molar-refractivity contribution is -0.122. The van der Waals surface area contributed by atoms with Crippen LogP contribution < -0.4 is 10.1 Å². The van der Waals surface area contributed by atoms with Crippen molar-refractivity contribution in [3.8, 4) is 11.8 Å². The van der Waals surface area contributed by atoms with Crippen molar-refractivity contribution in [2.45, 2.75) is 45.6 Å². The molecule has 4 nitrogen and oxygen atoms in total. The first-order valence-electron chi connectivity index (χ1n) is 7.24. The minimum atomic E-state index is -0.787. The molecule has 114 valence electrons. The molecule has 0 aliphatic heterocycles. The van der Waals surface area contributed by atoms with Crippen molar-refractivity contribution in [1.29, 1.82) is 5.26 Å². The Kier molecular flexibility index (Phi) is 6.23. The van der Waals surface area contributed by atoms with Crippen LogP contribution in [-0.4, -0.2) is 18.6 Å². The molecule has 0 saturated carbocycles. The van der Waals surface area contributed by atoms with Crippen LogP contribution in [0.1, 0.15) is 39.2 Å². The molecule has 1 atom stereocenters. The van der Waals surface area contributed by atoms with E-state index in [0.29, 0.717) is 25.2 Å². The molecule has 0 heterocycles. The number of rotatable bonds is 7. The van der Waals surface area contributed by atoms with Crippen LogP contribution in [0.4, 0.5) is 0 Å². The van der Waals surface area contributed by atoms with Gasteiger partial charge in [-0.2, -0.15) is 5.26 Å². The third-order valence-corrected chi connectivity index (χ3v) is 3.28. The van der Waals surface area contributed by atoms with Gasteiger partial charge in [-0.05, 0) is 43.4 Å². The highest BCUT2D eigenvalue weighted by Crippen LogP contribution is 2.16. The molecule has 0 aliphatic rings. The van der Waals surface area contributed by atoms with Crippen LogP contribution in [-0.2, 0) is 11.2 Å². The number of benzene rings is 1. The lowest BCUT2D eigenvalue weighted by Gasteiger charge is -2.25. The predicted octanol–water partition coefficient (Wildman–Crippen LogP) is 3.07. The van der Waals surface area contributed by atoms with Gasteiger partial charge < -0.3 is 10.1 Å². The Bertz CT molecular complexity index is 503. The third-order valence-electron chi connectivity index (χ3n) is 3.28. The number of aryl methyl sites for hydroxylation is 1. The molecule has 4 heteroatoms. The zero-order chi connectivity index (χ0) is 15.9. The van der Waals surface area contributed by atoms with E-state index in [1.165, 1.54) is 0 Å². The fourth-order valence-corrected chi connectivity index (χ4v) is 2.36. The first-order valence-corrected chi connectivity index (χ1v) is 7.24. The Morgan fingerprint density at radius 2 is 2.00 bits per heavy atom. The molecule has 1 amide bonds. The quantitative estimate of drug-likeness (QED) is 0.838. The smallest absolute Gasteiger partial charge is 0.221 e. The van der Waals surface area contributed by atoms with Crippen molar-refractivity contribution in [1.82, 2.24) is 5.32 Å². The topological polar surface area (TPSA) is 62.1 Å². The summed E-state index contributed by atoms with van der Waals surface area (Å²) in [5, 5.41) is 12.1. The zero-order valence-electron chi connectivity index (χ0n) is 13.3. The zero-order valence-corrected chi connectivity index (χ0v) is 13.3. The number of amides is 1. The molecule has 0 aromatic heterocycles. The van der Waals surface area contributed by atoms with Crippen LogP contribution in [0.25, 0.3) is 0 Å². The van der Waals surface area contributed by atoms with Gasteiger partial charge in [0.15, 0.2) is 0 Å². The van der Waals surface area contributed by atoms with Gasteiger partial charge in [0.25, 0.3) is 0 Å². The summed E-state index contributed by atoms with van der Waals surface area (Å²) in [5.41, 5.74) is 0.291. The Morgan fingerprint density at radius 3 is 2.48 bits per heavy atom. The van der Waals surface area contributed by atoms with Crippen LogP contribution in [0.15, 0.2) is 24.3 Å². The molecule has 0 bridgehead atoms. The fourth-order valence-electron chi connectivity index (χ4n) is 2.36. The summed E-state index contributed by atoms with van der Waals surface area (Å²) in [6.45, 7) is 5.86. The maximum Gasteiger partial charge on any atom is 0.221 e. The van der Waals surface area contributed by atoms with Crippen LogP contribution in [0, 0.1) is 17.2 Å². The molecule has 0 saturated heterocycles. The highest BCUT2D eigenvalue weighted by molar-refractivity contribution is 5.77. The SMILES string of the molecule is COc1ccc(CCC(=O)NC(C)(C#N)CC(C)C)cc1. The number of carbonyl (C=O) groups excluding carboxylic acids is 1. The lowest BCUT2D eigenvalue weighted by Crippen LogP contribution is -2.45. The van der Waals surface area contributed by atoms with Crippen LogP contribution in [0.5, 0.6) is 5.75 Å². The van der Waals surface area contributed by atoms with Crippen LogP contribution >= 0.6 is 0 Å². The maximum absolute atomic E-state index is 12.0. The molecule has 0 aliphatic carbocycles. The number of methoxy groups -OCH3 is 1. The third kappa shape index (κ3) is 5.86. The van der Waals surface area contributed by atoms with Gasteiger partial charge in [-0.15, -0.1) is 0 Å². The van der Waals surface area contributed by atoms with Crippen molar-refractivity contribution in [3.63, 3.8) is 0 Å². The van der Waals surface area contributed by atoms with Gasteiger partial charge in [-0.1, -0.05) is 26.0 Å². The maximum atomic E-state index is 12.0. The van der Waals surface area contributed by atoms with Gasteiger partial charge in [0.1, 0.15) is 11.3 Å². The van der Waals surface area contributed by atoms with E-state index in [4.69, 9.17) is 4.74 Å². The Hall–Kier alpha value is -2.02. The predicted molar refractivity (Wildman–Crippen MR) is 82.9 cm³/mol. The number of nitrogens with zero attached hydrogens (tertiary/aromatic N) is 1. The van der Waals surface area contributed by atoms with E-state index in [-0.39, 0.29) is 5.91 Å². The number of hydrogen-bond donors (Lipinski definition) is 1. The van der Waals surface area contributed by atoms with E-state index in [9.17, 15) is 10.1 Å². The first-order chi connectivity index (χ1) is 9.88. The number of nitriles is 1. The summed E-state index contributed by atoms with van der Waals surface area (Å²) < 4.78 is 5.10. The van der Waals surface area contributed by atoms with Crippen molar-refractivity contribution in [2.24, 2.45) is 5.92 Å². The highest BCUT2D eigenvalue weighted by atomic mass is 16.5. The van der Waals surface area contributed by atoms with Gasteiger partial charge in [0.2, 0.25) is 5.91 Å². The monoisotopic (exact) mass is 288 g/mol. The molecule has 1 unspecified atom stereocenters. The molecule has 0 spiro atoms. The molecular weight excluding hydrogens is 264 g/mol. The molecule has 1 aromatic carbocycles. The van der Waals surface area contributed by atoms with E-state index < -0.39 is 5.54 Å². The standard InChI is InChI=1S/C17H24N2O2/c1-13(2)11-17(3,12-18)19-16(20)10-7-14-5-8-15(21-4)9-6-14/h5-6,8-9,13H,7,10-11H2,1-4H3,(H,19,20). The number of carbonyl (C=O) groups is 1. The highest BCUT2D eigenvalue weighted by Gasteiger charge is 2.26. The van der Waals surface area contributed by atoms with Crippen molar-refractivity contribution in [3.05, 3.63) is 29.8 Å². The van der Waals surface area contributed by atoms with Gasteiger partial charge in [-0.25, -0.2) is 0 Å². The molecule has 0 fully saturated rings. The normalized spacial score (nSPS) is 13.3. The molecular formula is C17H24N2O2. The molecule has 21 heavy (non-hydrogen) atoms. The lowest BCUT2D eigenvalue weighted by atomic mass is 9.92. The molecule has 0 radical (unpaired) electrons. The molecule has 1 N–H and O–H groups in total. The summed E-state index contributed by atoms with van der Waals surface area (Å²) in [4.78, 5) is 12.0. The largest absolute Gasteiger partial charge is 0.497 e. The number of hydrogen-bond acceptors (Lipinski definition) is 3. The molecule has 1 aromatic rings. The second-order valence-corrected chi connectivity index (χ2v) is 5.94. The average molecular weight is 288 g/mol. The Balaban J connectivity index is 2.51. The van der Waals surface area contributed by atoms with Crippen molar-refractivity contribution >= 4 is 5.91 Å². The number of ether oxygens (including phenoxy) is 1. The summed E-state index contributed by atoms with van der Waals surface area (Å²) in [5.74, 6) is 1.07. The summed E-state index contributed by atoms with van der Waals surface area (Å²) in [7, 11) is 1.62. The second-order valence-electron chi connectivity index (χ2n) is 5.94. The molecule has 1 rings (SSSR count). The van der Waals surface area contributed by atoms with Crippen molar-refractivity contribution < 1.29 is 9.53 Å². The van der Waals surface area contributed by atoms with Crippen molar-refractivity contribution in [2.75, 3.05) is 7.11 Å². The van der Waals surface area contributed by atoms with Gasteiger partial charge in [0.05, 0.1) is 13.2 Å². The summed E-state index contributed by atoms with van der Waals surface area (Å²) >= 11 is 0. The summed E-state index contributed by atoms with van der Waals surface area (Å²) in [6.07, 6.45) is 1.68. The van der Waals surface area contributed by atoms with Gasteiger partial charge in [-0.3, -0.25) is 4.79 Å². The van der Waals surface area contributed by atoms with E-state index in [1.54, 1.807) is 14.0 Å². The minimum absolute atomic E-state index is 0.0875. The van der Waals surface area contributed by atoms with E-state index in [2.05, 4.69) is 11.4 Å². The minimum Gasteiger partial charge on any atom is -0.497 e. The van der Waals surface area contributed by atoms with E-state index >= 15 is 0 Å². The van der Waals surface area contributed by atoms with Gasteiger partial charge in [0, 0.05) is 6.42 Å². The second kappa shape index (κ2) is 7.68. The fraction of sp³-hybridized carbons (Fsp3) is 0.529. The number of nitrogens with one attached hydrogen (secondary N) is 1. The van der Waals surface area contributed by atoms with Crippen LogP contribution in [0.2, 0.25) is 0 Å². The van der Waals surface area contributed by atoms with Crippen LogP contribution in [0.3, 0.4) is 0 Å².